The predicted octanol–water partition coefficient (Wildman–Crippen LogP) is 0.921. The molecule has 5 heteroatoms. The van der Waals surface area contributed by atoms with E-state index in [4.69, 9.17) is 0 Å². The SMILES string of the molecule is CCCCNC(=O)NCC(CC)(CNC)CNC. The van der Waals surface area contributed by atoms with E-state index in [1.165, 1.54) is 0 Å². The standard InChI is InChI=1S/C13H30N4O/c1-5-7-8-16-12(18)17-11-13(6-2,9-14-3)10-15-4/h14-15H,5-11H2,1-4H3,(H2,16,17,18). The van der Waals surface area contributed by atoms with Crippen LogP contribution in [-0.2, 0) is 0 Å². The molecule has 0 aliphatic carbocycles. The summed E-state index contributed by atoms with van der Waals surface area (Å²) in [5, 5.41) is 12.3. The number of urea groups is 1. The van der Waals surface area contributed by atoms with Gasteiger partial charge in [0, 0.05) is 31.6 Å². The van der Waals surface area contributed by atoms with Crippen molar-refractivity contribution in [3.05, 3.63) is 0 Å². The van der Waals surface area contributed by atoms with Crippen LogP contribution in [0.4, 0.5) is 4.79 Å². The van der Waals surface area contributed by atoms with Crippen molar-refractivity contribution in [1.29, 1.82) is 0 Å². The first-order valence-electron chi connectivity index (χ1n) is 6.95. The Morgan fingerprint density at radius 2 is 1.61 bits per heavy atom. The summed E-state index contributed by atoms with van der Waals surface area (Å²) in [5.41, 5.74) is 0.0750. The Morgan fingerprint density at radius 3 is 2.06 bits per heavy atom. The van der Waals surface area contributed by atoms with Crippen LogP contribution in [0.5, 0.6) is 0 Å². The lowest BCUT2D eigenvalue weighted by atomic mass is 9.84. The third-order valence-corrected chi connectivity index (χ3v) is 3.29. The number of hydrogen-bond acceptors (Lipinski definition) is 3. The van der Waals surface area contributed by atoms with Gasteiger partial charge in [0.25, 0.3) is 0 Å². The molecule has 0 aliphatic heterocycles. The fourth-order valence-electron chi connectivity index (χ4n) is 2.02. The number of nitrogens with one attached hydrogen (secondary N) is 4. The Balaban J connectivity index is 4.11. The molecule has 0 aliphatic rings. The van der Waals surface area contributed by atoms with Gasteiger partial charge in [0.05, 0.1) is 0 Å². The van der Waals surface area contributed by atoms with Crippen LogP contribution >= 0.6 is 0 Å². The number of carbonyl (C=O) groups excluding carboxylic acids is 1. The van der Waals surface area contributed by atoms with Crippen LogP contribution in [0.2, 0.25) is 0 Å². The highest BCUT2D eigenvalue weighted by molar-refractivity contribution is 5.73. The molecule has 0 bridgehead atoms. The van der Waals surface area contributed by atoms with Gasteiger partial charge in [-0.15, -0.1) is 0 Å². The summed E-state index contributed by atoms with van der Waals surface area (Å²) in [4.78, 5) is 11.6. The molecule has 0 saturated carbocycles. The van der Waals surface area contributed by atoms with Gasteiger partial charge in [-0.1, -0.05) is 20.3 Å². The Bertz CT molecular complexity index is 215. The Morgan fingerprint density at radius 1 is 1.00 bits per heavy atom. The van der Waals surface area contributed by atoms with Gasteiger partial charge in [-0.3, -0.25) is 0 Å². The summed E-state index contributed by atoms with van der Waals surface area (Å²) < 4.78 is 0. The molecule has 2 amide bonds. The zero-order chi connectivity index (χ0) is 13.9. The Labute approximate surface area is 111 Å². The highest BCUT2D eigenvalue weighted by Gasteiger charge is 2.27. The normalized spacial score (nSPS) is 11.3. The average Bonchev–Trinajstić information content (AvgIpc) is 2.37. The van der Waals surface area contributed by atoms with E-state index >= 15 is 0 Å². The minimum atomic E-state index is -0.0616. The maximum absolute atomic E-state index is 11.6. The lowest BCUT2D eigenvalue weighted by Gasteiger charge is -2.32. The fraction of sp³-hybridized carbons (Fsp3) is 0.923. The second-order valence-corrected chi connectivity index (χ2v) is 4.88. The van der Waals surface area contributed by atoms with Crippen LogP contribution in [0.25, 0.3) is 0 Å². The summed E-state index contributed by atoms with van der Waals surface area (Å²) >= 11 is 0. The molecular weight excluding hydrogens is 228 g/mol. The van der Waals surface area contributed by atoms with E-state index in [2.05, 4.69) is 35.1 Å². The van der Waals surface area contributed by atoms with E-state index in [0.29, 0.717) is 6.54 Å². The molecule has 0 heterocycles. The third-order valence-electron chi connectivity index (χ3n) is 3.29. The van der Waals surface area contributed by atoms with Crippen LogP contribution in [0.3, 0.4) is 0 Å². The lowest BCUT2D eigenvalue weighted by molar-refractivity contribution is 0.219. The molecule has 0 rings (SSSR count). The smallest absolute Gasteiger partial charge is 0.314 e. The molecule has 18 heavy (non-hydrogen) atoms. The first kappa shape index (κ1) is 17.2. The zero-order valence-electron chi connectivity index (χ0n) is 12.4. The van der Waals surface area contributed by atoms with Gasteiger partial charge in [-0.05, 0) is 26.9 Å². The van der Waals surface area contributed by atoms with E-state index < -0.39 is 0 Å². The minimum Gasteiger partial charge on any atom is -0.338 e. The summed E-state index contributed by atoms with van der Waals surface area (Å²) in [6.45, 7) is 7.48. The first-order valence-corrected chi connectivity index (χ1v) is 6.95. The molecular formula is C13H30N4O. The lowest BCUT2D eigenvalue weighted by Crippen LogP contribution is -2.50. The van der Waals surface area contributed by atoms with Crippen molar-refractivity contribution in [3.8, 4) is 0 Å². The third kappa shape index (κ3) is 6.81. The predicted molar refractivity (Wildman–Crippen MR) is 76.9 cm³/mol. The second kappa shape index (κ2) is 10.1. The monoisotopic (exact) mass is 258 g/mol. The van der Waals surface area contributed by atoms with Crippen molar-refractivity contribution < 1.29 is 4.79 Å². The summed E-state index contributed by atoms with van der Waals surface area (Å²) in [6.07, 6.45) is 3.14. The average molecular weight is 258 g/mol. The topological polar surface area (TPSA) is 65.2 Å². The molecule has 108 valence electrons. The highest BCUT2D eigenvalue weighted by atomic mass is 16.2. The number of rotatable bonds is 10. The quantitative estimate of drug-likeness (QED) is 0.441. The van der Waals surface area contributed by atoms with Gasteiger partial charge in [-0.2, -0.15) is 0 Å². The van der Waals surface area contributed by atoms with Crippen LogP contribution in [-0.4, -0.2) is 46.3 Å². The molecule has 0 unspecified atom stereocenters. The Hall–Kier alpha value is -0.810. The van der Waals surface area contributed by atoms with Gasteiger partial charge in [0.15, 0.2) is 0 Å². The van der Waals surface area contributed by atoms with Gasteiger partial charge in [0.1, 0.15) is 0 Å². The largest absolute Gasteiger partial charge is 0.338 e. The molecule has 0 saturated heterocycles. The molecule has 0 aromatic heterocycles. The maximum atomic E-state index is 11.6. The molecule has 4 N–H and O–H groups in total. The van der Waals surface area contributed by atoms with E-state index in [1.807, 2.05) is 14.1 Å². The van der Waals surface area contributed by atoms with E-state index in [-0.39, 0.29) is 11.4 Å². The summed E-state index contributed by atoms with van der Waals surface area (Å²) in [5.74, 6) is 0. The van der Waals surface area contributed by atoms with Crippen molar-refractivity contribution in [1.82, 2.24) is 21.3 Å². The first-order chi connectivity index (χ1) is 8.64. The zero-order valence-corrected chi connectivity index (χ0v) is 12.4. The summed E-state index contributed by atoms with van der Waals surface area (Å²) in [6, 6.07) is -0.0616. The minimum absolute atomic E-state index is 0.0616. The molecule has 5 nitrogen and oxygen atoms in total. The molecule has 0 aromatic carbocycles. The van der Waals surface area contributed by atoms with Crippen LogP contribution < -0.4 is 21.3 Å². The number of unbranched alkanes of at least 4 members (excludes halogenated alkanes) is 1. The number of amides is 2. The van der Waals surface area contributed by atoms with Crippen LogP contribution in [0.15, 0.2) is 0 Å². The van der Waals surface area contributed by atoms with Crippen LogP contribution in [0.1, 0.15) is 33.1 Å². The van der Waals surface area contributed by atoms with Gasteiger partial charge in [0.2, 0.25) is 0 Å². The molecule has 0 atom stereocenters. The van der Waals surface area contributed by atoms with E-state index in [0.717, 1.165) is 38.9 Å². The van der Waals surface area contributed by atoms with E-state index in [9.17, 15) is 4.79 Å². The van der Waals surface area contributed by atoms with Crippen molar-refractivity contribution >= 4 is 6.03 Å². The van der Waals surface area contributed by atoms with Crippen molar-refractivity contribution in [3.63, 3.8) is 0 Å². The van der Waals surface area contributed by atoms with Crippen molar-refractivity contribution in [2.24, 2.45) is 5.41 Å². The molecule has 0 aromatic rings. The van der Waals surface area contributed by atoms with E-state index in [1.54, 1.807) is 0 Å². The maximum Gasteiger partial charge on any atom is 0.314 e. The molecule has 0 spiro atoms. The highest BCUT2D eigenvalue weighted by Crippen LogP contribution is 2.18. The number of carbonyl (C=O) groups is 1. The van der Waals surface area contributed by atoms with Gasteiger partial charge < -0.3 is 21.3 Å². The van der Waals surface area contributed by atoms with Gasteiger partial charge in [-0.25, -0.2) is 4.79 Å². The molecule has 0 fully saturated rings. The summed E-state index contributed by atoms with van der Waals surface area (Å²) in [7, 11) is 3.89. The Kier molecular flexibility index (Phi) is 9.69. The fourth-order valence-corrected chi connectivity index (χ4v) is 2.02. The number of hydrogen-bond donors (Lipinski definition) is 4. The van der Waals surface area contributed by atoms with Crippen molar-refractivity contribution in [2.45, 2.75) is 33.1 Å². The van der Waals surface area contributed by atoms with Gasteiger partial charge >= 0.3 is 6.03 Å². The van der Waals surface area contributed by atoms with Crippen LogP contribution in [0, 0.1) is 5.41 Å². The second-order valence-electron chi connectivity index (χ2n) is 4.88. The molecule has 0 radical (unpaired) electrons. The van der Waals surface area contributed by atoms with Crippen molar-refractivity contribution in [2.75, 3.05) is 40.3 Å².